The lowest BCUT2D eigenvalue weighted by Crippen LogP contribution is -2.30. The number of nitrogen functional groups attached to an aromatic ring is 1. The van der Waals surface area contributed by atoms with Gasteiger partial charge in [0.25, 0.3) is 0 Å². The molecular weight excluding hydrogens is 455 g/mol. The fraction of sp³-hybridized carbons (Fsp3) is 0.308. The van der Waals surface area contributed by atoms with E-state index >= 15 is 0 Å². The number of ether oxygens (including phenoxy) is 1. The highest BCUT2D eigenvalue weighted by Gasteiger charge is 2.27. The predicted molar refractivity (Wildman–Crippen MR) is 131 cm³/mol. The van der Waals surface area contributed by atoms with Crippen LogP contribution < -0.4 is 20.7 Å². The summed E-state index contributed by atoms with van der Waals surface area (Å²) in [5, 5.41) is 3.41. The van der Waals surface area contributed by atoms with E-state index in [9.17, 15) is 13.2 Å². The third kappa shape index (κ3) is 4.50. The summed E-state index contributed by atoms with van der Waals surface area (Å²) in [7, 11) is 1.26. The molecule has 1 aliphatic carbocycles. The normalized spacial score (nSPS) is 15.2. The molecule has 0 atom stereocenters. The minimum Gasteiger partial charge on any atom is -0.494 e. The Morgan fingerprint density at radius 3 is 2.54 bits per heavy atom. The van der Waals surface area contributed by atoms with E-state index in [2.05, 4.69) is 20.2 Å². The molecule has 2 aromatic heterocycles. The second-order valence-electron chi connectivity index (χ2n) is 8.74. The molecule has 3 aromatic rings. The van der Waals surface area contributed by atoms with Gasteiger partial charge in [0.15, 0.2) is 17.4 Å². The summed E-state index contributed by atoms with van der Waals surface area (Å²) in [4.78, 5) is 10.9. The molecule has 0 radical (unpaired) electrons. The molecule has 1 aromatic carbocycles. The van der Waals surface area contributed by atoms with Crippen LogP contribution in [0.25, 0.3) is 17.0 Å². The molecule has 1 aliphatic heterocycles. The van der Waals surface area contributed by atoms with E-state index in [1.807, 2.05) is 6.07 Å². The Balaban J connectivity index is 1.59. The second-order valence-corrected chi connectivity index (χ2v) is 8.74. The number of hydrogen-bond acceptors (Lipinski definition) is 6. The molecular formula is C26H26F3N5O. The van der Waals surface area contributed by atoms with Crippen molar-refractivity contribution >= 4 is 22.8 Å². The zero-order valence-electron chi connectivity index (χ0n) is 19.4. The van der Waals surface area contributed by atoms with E-state index < -0.39 is 28.7 Å². The van der Waals surface area contributed by atoms with Crippen molar-refractivity contribution in [2.75, 3.05) is 36.1 Å². The summed E-state index contributed by atoms with van der Waals surface area (Å²) in [6.45, 7) is 1.89. The summed E-state index contributed by atoms with van der Waals surface area (Å²) in [5.41, 5.74) is 8.86. The number of anilines is 3. The first-order valence-electron chi connectivity index (χ1n) is 11.6. The Kier molecular flexibility index (Phi) is 6.23. The number of pyridine rings is 2. The molecule has 35 heavy (non-hydrogen) atoms. The van der Waals surface area contributed by atoms with Gasteiger partial charge >= 0.3 is 0 Å². The fourth-order valence-corrected chi connectivity index (χ4v) is 4.44. The van der Waals surface area contributed by atoms with Gasteiger partial charge in [-0.15, -0.1) is 0 Å². The zero-order chi connectivity index (χ0) is 24.5. The number of benzene rings is 1. The lowest BCUT2D eigenvalue weighted by molar-refractivity contribution is 0.385. The van der Waals surface area contributed by atoms with Gasteiger partial charge in [-0.1, -0.05) is 0 Å². The van der Waals surface area contributed by atoms with Crippen LogP contribution in [0.15, 0.2) is 42.2 Å². The smallest absolute Gasteiger partial charge is 0.177 e. The van der Waals surface area contributed by atoms with E-state index in [0.29, 0.717) is 5.70 Å². The quantitative estimate of drug-likeness (QED) is 0.466. The predicted octanol–water partition coefficient (Wildman–Crippen LogP) is 5.76. The van der Waals surface area contributed by atoms with Gasteiger partial charge in [0.05, 0.1) is 41.6 Å². The Labute approximate surface area is 201 Å². The average molecular weight is 482 g/mol. The van der Waals surface area contributed by atoms with Crippen LogP contribution in [0.2, 0.25) is 0 Å². The van der Waals surface area contributed by atoms with Gasteiger partial charge in [0, 0.05) is 25.4 Å². The highest BCUT2D eigenvalue weighted by Crippen LogP contribution is 2.41. The van der Waals surface area contributed by atoms with Crippen LogP contribution in [-0.2, 0) is 0 Å². The Hall–Kier alpha value is -3.75. The molecule has 0 unspecified atom stereocenters. The molecule has 9 heteroatoms. The highest BCUT2D eigenvalue weighted by atomic mass is 19.1. The highest BCUT2D eigenvalue weighted by molar-refractivity contribution is 5.88. The number of nitrogens with one attached hydrogen (secondary N) is 1. The third-order valence-corrected chi connectivity index (χ3v) is 6.36. The number of rotatable bonds is 6. The lowest BCUT2D eigenvalue weighted by Gasteiger charge is -2.30. The summed E-state index contributed by atoms with van der Waals surface area (Å²) >= 11 is 0. The monoisotopic (exact) mass is 481 g/mol. The van der Waals surface area contributed by atoms with E-state index in [4.69, 9.17) is 10.5 Å². The first-order valence-corrected chi connectivity index (χ1v) is 11.6. The second kappa shape index (κ2) is 9.48. The van der Waals surface area contributed by atoms with Gasteiger partial charge in [0.2, 0.25) is 0 Å². The summed E-state index contributed by atoms with van der Waals surface area (Å²) in [5.74, 6) is -3.10. The number of hydrogen-bond donors (Lipinski definition) is 2. The van der Waals surface area contributed by atoms with E-state index in [-0.39, 0.29) is 17.1 Å². The Morgan fingerprint density at radius 2 is 1.83 bits per heavy atom. The van der Waals surface area contributed by atoms with Crippen molar-refractivity contribution in [2.45, 2.75) is 32.1 Å². The van der Waals surface area contributed by atoms with E-state index in [1.165, 1.54) is 13.5 Å². The molecule has 0 amide bonds. The maximum Gasteiger partial charge on any atom is 0.177 e. The van der Waals surface area contributed by atoms with Gasteiger partial charge in [0.1, 0.15) is 17.2 Å². The Bertz CT molecular complexity index is 1300. The molecule has 3 heterocycles. The minimum atomic E-state index is -1.03. The topological polar surface area (TPSA) is 76.3 Å². The first-order chi connectivity index (χ1) is 17.0. The van der Waals surface area contributed by atoms with Crippen LogP contribution in [0.3, 0.4) is 0 Å². The summed E-state index contributed by atoms with van der Waals surface area (Å²) in [6.07, 6.45) is 8.54. The summed E-state index contributed by atoms with van der Waals surface area (Å²) in [6, 6.07) is 5.17. The van der Waals surface area contributed by atoms with Crippen molar-refractivity contribution in [2.24, 2.45) is 0 Å². The van der Waals surface area contributed by atoms with Crippen LogP contribution in [0.1, 0.15) is 37.8 Å². The third-order valence-electron chi connectivity index (χ3n) is 6.36. The number of halogens is 3. The number of aromatic nitrogens is 2. The molecule has 5 rings (SSSR count). The van der Waals surface area contributed by atoms with Gasteiger partial charge in [-0.3, -0.25) is 4.98 Å². The SMILES string of the molecule is COc1ccc(F)c(-c2nc(C(Nc3cnccc3N3CCCCC3)=C3CC3)c(N)cc2F)c1F. The number of allylic oxidation sites excluding steroid dienone is 1. The molecule has 2 aliphatic rings. The van der Waals surface area contributed by atoms with Crippen molar-refractivity contribution in [1.29, 1.82) is 0 Å². The van der Waals surface area contributed by atoms with Crippen LogP contribution in [0.4, 0.5) is 30.2 Å². The molecule has 2 fully saturated rings. The standard InChI is InChI=1S/C26H26F3N5O/c1-35-21-8-7-16(27)22(23(21)29)25-17(28)13-18(30)26(33-25)24(15-5-6-15)32-19-14-31-10-9-20(19)34-11-3-2-4-12-34/h7-10,13-14,32H,2-6,11-12,30H2,1H3. The van der Waals surface area contributed by atoms with Gasteiger partial charge in [-0.25, -0.2) is 18.2 Å². The fourth-order valence-electron chi connectivity index (χ4n) is 4.44. The van der Waals surface area contributed by atoms with Crippen molar-refractivity contribution in [3.05, 3.63) is 65.4 Å². The summed E-state index contributed by atoms with van der Waals surface area (Å²) < 4.78 is 49.5. The maximum absolute atomic E-state index is 15.0. The molecule has 1 saturated heterocycles. The van der Waals surface area contributed by atoms with Gasteiger partial charge < -0.3 is 20.7 Å². The van der Waals surface area contributed by atoms with E-state index in [1.54, 1.807) is 12.4 Å². The van der Waals surface area contributed by atoms with Crippen LogP contribution in [0.5, 0.6) is 5.75 Å². The molecule has 0 bridgehead atoms. The van der Waals surface area contributed by atoms with Gasteiger partial charge in [-0.05, 0) is 55.9 Å². The van der Waals surface area contributed by atoms with Gasteiger partial charge in [-0.2, -0.15) is 0 Å². The van der Waals surface area contributed by atoms with E-state index in [0.717, 1.165) is 73.9 Å². The molecule has 182 valence electrons. The van der Waals surface area contributed by atoms with Crippen molar-refractivity contribution in [3.63, 3.8) is 0 Å². The van der Waals surface area contributed by atoms with Crippen molar-refractivity contribution in [1.82, 2.24) is 9.97 Å². The number of piperidine rings is 1. The number of nitrogens with two attached hydrogens (primary N) is 1. The van der Waals surface area contributed by atoms with Crippen LogP contribution in [0, 0.1) is 17.5 Å². The average Bonchev–Trinajstić information content (AvgIpc) is 3.70. The van der Waals surface area contributed by atoms with Crippen LogP contribution >= 0.6 is 0 Å². The number of methoxy groups -OCH3 is 1. The van der Waals surface area contributed by atoms with Crippen LogP contribution in [-0.4, -0.2) is 30.2 Å². The number of nitrogens with zero attached hydrogens (tertiary/aromatic N) is 3. The maximum atomic E-state index is 15.0. The van der Waals surface area contributed by atoms with Crippen molar-refractivity contribution in [3.8, 4) is 17.0 Å². The lowest BCUT2D eigenvalue weighted by atomic mass is 10.1. The van der Waals surface area contributed by atoms with Crippen molar-refractivity contribution < 1.29 is 17.9 Å². The molecule has 3 N–H and O–H groups in total. The molecule has 1 saturated carbocycles. The molecule has 0 spiro atoms. The first kappa shape index (κ1) is 23.0. The minimum absolute atomic E-state index is 0.0697. The largest absolute Gasteiger partial charge is 0.494 e. The Morgan fingerprint density at radius 1 is 1.06 bits per heavy atom. The zero-order valence-corrected chi connectivity index (χ0v) is 19.4. The molecule has 6 nitrogen and oxygen atoms in total.